The number of nitrogens with zero attached hydrogens (tertiary/aromatic N) is 2. The lowest BCUT2D eigenvalue weighted by atomic mass is 10.3. The molecule has 1 aromatic heterocycles. The van der Waals surface area contributed by atoms with Crippen molar-refractivity contribution in [3.8, 4) is 0 Å². The van der Waals surface area contributed by atoms with E-state index < -0.39 is 21.1 Å². The van der Waals surface area contributed by atoms with Crippen LogP contribution in [0.1, 0.15) is 5.89 Å². The zero-order valence-corrected chi connectivity index (χ0v) is 12.4. The average molecular weight is 331 g/mol. The fourth-order valence-corrected chi connectivity index (χ4v) is 1.98. The Labute approximate surface area is 125 Å². The summed E-state index contributed by atoms with van der Waals surface area (Å²) < 4.78 is 27.2. The number of amides is 2. The lowest BCUT2D eigenvalue weighted by Crippen LogP contribution is -2.28. The number of benzene rings is 1. The van der Waals surface area contributed by atoms with Gasteiger partial charge in [0, 0.05) is 17.0 Å². The Morgan fingerprint density at radius 2 is 2.14 bits per heavy atom. The van der Waals surface area contributed by atoms with Gasteiger partial charge in [0.15, 0.2) is 0 Å². The summed E-state index contributed by atoms with van der Waals surface area (Å²) in [6.45, 7) is -0.102. The van der Waals surface area contributed by atoms with Crippen molar-refractivity contribution in [2.45, 2.75) is 11.8 Å². The van der Waals surface area contributed by atoms with E-state index in [0.717, 1.165) is 6.26 Å². The molecule has 0 saturated heterocycles. The molecule has 0 aliphatic carbocycles. The largest absolute Gasteiger partial charge is 0.411 e. The minimum Gasteiger partial charge on any atom is -0.411 e. The summed E-state index contributed by atoms with van der Waals surface area (Å²) in [5.41, 5.74) is 0.516. The van der Waals surface area contributed by atoms with E-state index in [9.17, 15) is 13.2 Å². The lowest BCUT2D eigenvalue weighted by molar-refractivity contribution is 0.250. The van der Waals surface area contributed by atoms with Crippen LogP contribution in [0, 0.1) is 0 Å². The van der Waals surface area contributed by atoms with Gasteiger partial charge in [0.25, 0.3) is 0 Å². The zero-order valence-electron chi connectivity index (χ0n) is 10.8. The van der Waals surface area contributed by atoms with Crippen LogP contribution < -0.4 is 10.6 Å². The Bertz CT molecular complexity index is 759. The lowest BCUT2D eigenvalue weighted by Gasteiger charge is -2.05. The molecule has 0 bridgehead atoms. The fourth-order valence-electron chi connectivity index (χ4n) is 1.36. The topological polar surface area (TPSA) is 114 Å². The van der Waals surface area contributed by atoms with Crippen molar-refractivity contribution in [3.05, 3.63) is 35.2 Å². The van der Waals surface area contributed by atoms with Crippen molar-refractivity contribution in [1.29, 1.82) is 0 Å². The predicted molar refractivity (Wildman–Crippen MR) is 74.7 cm³/mol. The molecule has 0 spiro atoms. The number of hydrogen-bond donors (Lipinski definition) is 2. The maximum Gasteiger partial charge on any atom is 0.335 e. The molecular weight excluding hydrogens is 320 g/mol. The van der Waals surface area contributed by atoms with Gasteiger partial charge >= 0.3 is 11.3 Å². The van der Waals surface area contributed by atoms with Gasteiger partial charge in [-0.25, -0.2) is 13.2 Å². The van der Waals surface area contributed by atoms with Crippen molar-refractivity contribution in [3.63, 3.8) is 0 Å². The summed E-state index contributed by atoms with van der Waals surface area (Å²) in [4.78, 5) is 11.6. The molecule has 1 aromatic carbocycles. The summed E-state index contributed by atoms with van der Waals surface area (Å²) in [7, 11) is -3.56. The summed E-state index contributed by atoms with van der Waals surface area (Å²) in [5.74, 6) is -0.0170. The molecule has 10 heteroatoms. The monoisotopic (exact) mass is 330 g/mol. The molecule has 21 heavy (non-hydrogen) atoms. The highest BCUT2D eigenvalue weighted by Gasteiger charge is 2.16. The van der Waals surface area contributed by atoms with E-state index in [4.69, 9.17) is 16.0 Å². The summed E-state index contributed by atoms with van der Waals surface area (Å²) in [5, 5.41) is 11.9. The molecular formula is C11H11ClN4O4S. The molecule has 0 unspecified atom stereocenters. The molecule has 0 atom stereocenters. The van der Waals surface area contributed by atoms with Crippen LogP contribution in [0.4, 0.5) is 10.5 Å². The number of carbonyl (C=O) groups is 1. The van der Waals surface area contributed by atoms with Crippen LogP contribution >= 0.6 is 11.6 Å². The van der Waals surface area contributed by atoms with Crippen LogP contribution in [-0.2, 0) is 16.4 Å². The van der Waals surface area contributed by atoms with Crippen molar-refractivity contribution >= 4 is 33.2 Å². The first-order chi connectivity index (χ1) is 9.84. The Morgan fingerprint density at radius 3 is 2.76 bits per heavy atom. The van der Waals surface area contributed by atoms with E-state index in [2.05, 4.69) is 20.8 Å². The molecule has 0 aliphatic rings. The molecule has 0 saturated carbocycles. The minimum atomic E-state index is -3.56. The second kappa shape index (κ2) is 6.10. The maximum absolute atomic E-state index is 11.6. The van der Waals surface area contributed by atoms with Crippen LogP contribution in [0.15, 0.2) is 33.9 Å². The molecule has 2 aromatic rings. The van der Waals surface area contributed by atoms with E-state index in [1.807, 2.05) is 0 Å². The summed E-state index contributed by atoms with van der Waals surface area (Å²) >= 11 is 5.78. The first kappa shape index (κ1) is 15.3. The normalized spacial score (nSPS) is 11.1. The Balaban J connectivity index is 1.91. The number of hydrogen-bond acceptors (Lipinski definition) is 6. The number of carbonyl (C=O) groups excluding carboxylic acids is 1. The molecule has 0 aliphatic heterocycles. The van der Waals surface area contributed by atoms with Crippen LogP contribution in [0.3, 0.4) is 0 Å². The average Bonchev–Trinajstić information content (AvgIpc) is 2.85. The number of sulfone groups is 1. The van der Waals surface area contributed by atoms with Crippen molar-refractivity contribution in [2.24, 2.45) is 0 Å². The molecule has 112 valence electrons. The number of urea groups is 1. The van der Waals surface area contributed by atoms with Gasteiger partial charge in [-0.1, -0.05) is 22.8 Å². The Kier molecular flexibility index (Phi) is 4.43. The molecule has 1 heterocycles. The van der Waals surface area contributed by atoms with Crippen LogP contribution in [0.2, 0.25) is 5.02 Å². The smallest absolute Gasteiger partial charge is 0.335 e. The van der Waals surface area contributed by atoms with Gasteiger partial charge in [0.1, 0.15) is 0 Å². The van der Waals surface area contributed by atoms with Gasteiger partial charge < -0.3 is 15.1 Å². The zero-order chi connectivity index (χ0) is 15.5. The Morgan fingerprint density at radius 1 is 1.38 bits per heavy atom. The molecule has 2 N–H and O–H groups in total. The van der Waals surface area contributed by atoms with E-state index in [-0.39, 0.29) is 12.4 Å². The third-order valence-corrected chi connectivity index (χ3v) is 3.28. The van der Waals surface area contributed by atoms with Crippen LogP contribution in [0.5, 0.6) is 0 Å². The number of nitrogens with one attached hydrogen (secondary N) is 2. The molecule has 8 nitrogen and oxygen atoms in total. The number of rotatable bonds is 4. The molecule has 2 amide bonds. The predicted octanol–water partition coefficient (Wildman–Crippen LogP) is 1.45. The first-order valence-corrected chi connectivity index (χ1v) is 7.94. The van der Waals surface area contributed by atoms with Gasteiger partial charge in [-0.3, -0.25) is 0 Å². The second-order valence-electron chi connectivity index (χ2n) is 4.05. The third kappa shape index (κ3) is 4.43. The SMILES string of the molecule is CS(=O)(=O)c1nnc(CNC(=O)Nc2cccc(Cl)c2)o1. The van der Waals surface area contributed by atoms with E-state index in [0.29, 0.717) is 10.7 Å². The van der Waals surface area contributed by atoms with E-state index >= 15 is 0 Å². The molecule has 0 radical (unpaired) electrons. The van der Waals surface area contributed by atoms with Gasteiger partial charge in [0.2, 0.25) is 15.7 Å². The molecule has 2 rings (SSSR count). The van der Waals surface area contributed by atoms with Gasteiger partial charge in [-0.2, -0.15) is 0 Å². The summed E-state index contributed by atoms with van der Waals surface area (Å²) in [6, 6.07) is 6.09. The van der Waals surface area contributed by atoms with E-state index in [1.165, 1.54) is 0 Å². The Hall–Kier alpha value is -2.13. The quantitative estimate of drug-likeness (QED) is 0.876. The minimum absolute atomic E-state index is 0.0170. The highest BCUT2D eigenvalue weighted by atomic mass is 35.5. The van der Waals surface area contributed by atoms with Crippen molar-refractivity contribution < 1.29 is 17.6 Å². The highest BCUT2D eigenvalue weighted by Crippen LogP contribution is 2.14. The number of halogens is 1. The maximum atomic E-state index is 11.6. The van der Waals surface area contributed by atoms with Crippen molar-refractivity contribution in [1.82, 2.24) is 15.5 Å². The van der Waals surface area contributed by atoms with Crippen LogP contribution in [-0.4, -0.2) is 30.9 Å². The number of aromatic nitrogens is 2. The van der Waals surface area contributed by atoms with Crippen LogP contribution in [0.25, 0.3) is 0 Å². The third-order valence-electron chi connectivity index (χ3n) is 2.25. The first-order valence-electron chi connectivity index (χ1n) is 5.67. The molecule has 0 fully saturated rings. The number of anilines is 1. The fraction of sp³-hybridized carbons (Fsp3) is 0.182. The van der Waals surface area contributed by atoms with Gasteiger partial charge in [-0.15, -0.1) is 5.10 Å². The van der Waals surface area contributed by atoms with E-state index in [1.54, 1.807) is 24.3 Å². The highest BCUT2D eigenvalue weighted by molar-refractivity contribution is 7.90. The summed E-state index contributed by atoms with van der Waals surface area (Å²) in [6.07, 6.45) is 0.948. The standard InChI is InChI=1S/C11H11ClN4O4S/c1-21(18,19)11-16-15-9(20-11)6-13-10(17)14-8-4-2-3-7(12)5-8/h2-5H,6H2,1H3,(H2,13,14,17). The second-order valence-corrected chi connectivity index (χ2v) is 6.38. The van der Waals surface area contributed by atoms with Gasteiger partial charge in [0.05, 0.1) is 6.54 Å². The van der Waals surface area contributed by atoms with Gasteiger partial charge in [-0.05, 0) is 18.2 Å². The van der Waals surface area contributed by atoms with Crippen molar-refractivity contribution in [2.75, 3.05) is 11.6 Å².